The molecule has 1 atom stereocenters. The molecule has 0 spiro atoms. The summed E-state index contributed by atoms with van der Waals surface area (Å²) < 4.78 is 1.93. The maximum atomic E-state index is 4.62. The number of aromatic nitrogens is 3. The number of hydrogen-bond donors (Lipinski definition) is 1. The van der Waals surface area contributed by atoms with Crippen LogP contribution in [-0.2, 0) is 0 Å². The quantitative estimate of drug-likeness (QED) is 0.906. The van der Waals surface area contributed by atoms with Gasteiger partial charge in [-0.25, -0.2) is 9.50 Å². The van der Waals surface area contributed by atoms with Gasteiger partial charge in [0.1, 0.15) is 5.52 Å². The highest BCUT2D eigenvalue weighted by molar-refractivity contribution is 5.69. The smallest absolute Gasteiger partial charge is 0.154 e. The predicted octanol–water partition coefficient (Wildman–Crippen LogP) is 1.62. The Labute approximate surface area is 113 Å². The van der Waals surface area contributed by atoms with Crippen molar-refractivity contribution in [3.8, 4) is 0 Å². The molecule has 1 fully saturated rings. The lowest BCUT2D eigenvalue weighted by Gasteiger charge is -2.29. The summed E-state index contributed by atoms with van der Waals surface area (Å²) in [6, 6.07) is 2.67. The number of anilines is 1. The number of fused-ring (bicyclic) bond motifs is 1. The molecule has 0 amide bonds. The average Bonchev–Trinajstić information content (AvgIpc) is 3.03. The molecule has 5 heteroatoms. The van der Waals surface area contributed by atoms with Crippen LogP contribution in [0.25, 0.3) is 5.52 Å². The second-order valence-corrected chi connectivity index (χ2v) is 5.21. The van der Waals surface area contributed by atoms with Crippen LogP contribution in [0.15, 0.2) is 18.5 Å². The maximum absolute atomic E-state index is 4.62. The summed E-state index contributed by atoms with van der Waals surface area (Å²) in [6.45, 7) is 7.45. The molecule has 2 aromatic rings. The first-order valence-corrected chi connectivity index (χ1v) is 7.08. The minimum Gasteiger partial charge on any atom is -0.351 e. The zero-order valence-corrected chi connectivity index (χ0v) is 11.6. The van der Waals surface area contributed by atoms with Gasteiger partial charge in [-0.05, 0) is 32.4 Å². The van der Waals surface area contributed by atoms with Gasteiger partial charge in [0.25, 0.3) is 0 Å². The van der Waals surface area contributed by atoms with Crippen molar-refractivity contribution in [2.45, 2.75) is 32.7 Å². The molecule has 3 rings (SSSR count). The van der Waals surface area contributed by atoms with Crippen molar-refractivity contribution in [3.05, 3.63) is 24.2 Å². The van der Waals surface area contributed by atoms with Crippen LogP contribution in [0.4, 0.5) is 5.82 Å². The third kappa shape index (κ3) is 2.30. The highest BCUT2D eigenvalue weighted by atomic mass is 15.3. The Morgan fingerprint density at radius 2 is 2.42 bits per heavy atom. The Morgan fingerprint density at radius 3 is 3.16 bits per heavy atom. The first kappa shape index (κ1) is 12.4. The topological polar surface area (TPSA) is 45.5 Å². The van der Waals surface area contributed by atoms with Crippen LogP contribution < -0.4 is 10.2 Å². The predicted molar refractivity (Wildman–Crippen MR) is 76.6 cm³/mol. The van der Waals surface area contributed by atoms with Crippen molar-refractivity contribution in [1.82, 2.24) is 19.9 Å². The Balaban J connectivity index is 2.03. The zero-order valence-electron chi connectivity index (χ0n) is 11.6. The van der Waals surface area contributed by atoms with Gasteiger partial charge in [-0.2, -0.15) is 5.10 Å². The monoisotopic (exact) mass is 259 g/mol. The molecule has 0 saturated carbocycles. The van der Waals surface area contributed by atoms with E-state index in [4.69, 9.17) is 0 Å². The minimum absolute atomic E-state index is 0.550. The lowest BCUT2D eigenvalue weighted by molar-refractivity contribution is 0.618. The highest BCUT2D eigenvalue weighted by Crippen LogP contribution is 2.23. The summed E-state index contributed by atoms with van der Waals surface area (Å²) in [7, 11) is 0. The van der Waals surface area contributed by atoms with E-state index in [9.17, 15) is 0 Å². The fraction of sp³-hybridized carbons (Fsp3) is 0.571. The highest BCUT2D eigenvalue weighted by Gasteiger charge is 2.24. The third-order valence-electron chi connectivity index (χ3n) is 3.70. The standard InChI is InChI=1S/C14H21N5/c1-3-7-18(12-4-5-15-10-12)14-13-9-11(2)17-19(13)8-6-16-14/h6,8-9,12,15H,3-5,7,10H2,1-2H3. The van der Waals surface area contributed by atoms with E-state index in [1.54, 1.807) is 0 Å². The molecule has 19 heavy (non-hydrogen) atoms. The van der Waals surface area contributed by atoms with E-state index < -0.39 is 0 Å². The zero-order chi connectivity index (χ0) is 13.2. The number of nitrogens with zero attached hydrogens (tertiary/aromatic N) is 4. The van der Waals surface area contributed by atoms with Gasteiger partial charge in [-0.3, -0.25) is 0 Å². The molecule has 1 N–H and O–H groups in total. The fourth-order valence-corrected chi connectivity index (χ4v) is 2.86. The van der Waals surface area contributed by atoms with Gasteiger partial charge in [-0.15, -0.1) is 0 Å². The van der Waals surface area contributed by atoms with Crippen LogP contribution >= 0.6 is 0 Å². The normalized spacial score (nSPS) is 19.2. The Morgan fingerprint density at radius 1 is 1.53 bits per heavy atom. The van der Waals surface area contributed by atoms with Crippen LogP contribution in [0, 0.1) is 6.92 Å². The largest absolute Gasteiger partial charge is 0.351 e. The second-order valence-electron chi connectivity index (χ2n) is 5.21. The van der Waals surface area contributed by atoms with Crippen molar-refractivity contribution in [3.63, 3.8) is 0 Å². The van der Waals surface area contributed by atoms with E-state index in [0.717, 1.165) is 43.1 Å². The second kappa shape index (κ2) is 5.17. The summed E-state index contributed by atoms with van der Waals surface area (Å²) >= 11 is 0. The molecule has 1 saturated heterocycles. The van der Waals surface area contributed by atoms with Crippen molar-refractivity contribution in [2.75, 3.05) is 24.5 Å². The first-order valence-electron chi connectivity index (χ1n) is 7.08. The molecule has 2 aromatic heterocycles. The number of hydrogen-bond acceptors (Lipinski definition) is 4. The van der Waals surface area contributed by atoms with Gasteiger partial charge in [0, 0.05) is 31.5 Å². The number of aryl methyl sites for hydroxylation is 1. The number of rotatable bonds is 4. The van der Waals surface area contributed by atoms with E-state index in [0.29, 0.717) is 6.04 Å². The van der Waals surface area contributed by atoms with E-state index in [1.165, 1.54) is 6.42 Å². The summed E-state index contributed by atoms with van der Waals surface area (Å²) in [5.74, 6) is 1.07. The molecular weight excluding hydrogens is 238 g/mol. The summed E-state index contributed by atoms with van der Waals surface area (Å²) in [5, 5.41) is 7.92. The first-order chi connectivity index (χ1) is 9.29. The van der Waals surface area contributed by atoms with Gasteiger partial charge >= 0.3 is 0 Å². The van der Waals surface area contributed by atoms with Crippen molar-refractivity contribution >= 4 is 11.3 Å². The van der Waals surface area contributed by atoms with Gasteiger partial charge in [0.05, 0.1) is 5.69 Å². The summed E-state index contributed by atoms with van der Waals surface area (Å²) in [5.41, 5.74) is 2.15. The maximum Gasteiger partial charge on any atom is 0.154 e. The van der Waals surface area contributed by atoms with E-state index in [-0.39, 0.29) is 0 Å². The van der Waals surface area contributed by atoms with Gasteiger partial charge < -0.3 is 10.2 Å². The van der Waals surface area contributed by atoms with E-state index in [2.05, 4.69) is 33.3 Å². The van der Waals surface area contributed by atoms with Crippen LogP contribution in [0.1, 0.15) is 25.5 Å². The van der Waals surface area contributed by atoms with Gasteiger partial charge in [0.15, 0.2) is 5.82 Å². The van der Waals surface area contributed by atoms with Crippen LogP contribution in [0.5, 0.6) is 0 Å². The Hall–Kier alpha value is -1.62. The van der Waals surface area contributed by atoms with E-state index >= 15 is 0 Å². The van der Waals surface area contributed by atoms with Gasteiger partial charge in [-0.1, -0.05) is 6.92 Å². The summed E-state index contributed by atoms with van der Waals surface area (Å²) in [4.78, 5) is 7.06. The minimum atomic E-state index is 0.550. The van der Waals surface area contributed by atoms with Crippen LogP contribution in [0.3, 0.4) is 0 Å². The van der Waals surface area contributed by atoms with Crippen molar-refractivity contribution in [2.24, 2.45) is 0 Å². The molecule has 0 aromatic carbocycles. The lowest BCUT2D eigenvalue weighted by atomic mass is 10.2. The molecule has 1 aliphatic rings. The molecule has 102 valence electrons. The van der Waals surface area contributed by atoms with Crippen LogP contribution in [-0.4, -0.2) is 40.3 Å². The fourth-order valence-electron chi connectivity index (χ4n) is 2.86. The van der Waals surface area contributed by atoms with Gasteiger partial charge in [0.2, 0.25) is 0 Å². The molecule has 3 heterocycles. The summed E-state index contributed by atoms with van der Waals surface area (Å²) in [6.07, 6.45) is 6.09. The Kier molecular flexibility index (Phi) is 3.38. The Bertz CT molecular complexity index is 556. The van der Waals surface area contributed by atoms with E-state index in [1.807, 2.05) is 23.8 Å². The molecule has 1 aliphatic heterocycles. The third-order valence-corrected chi connectivity index (χ3v) is 3.70. The lowest BCUT2D eigenvalue weighted by Crippen LogP contribution is -2.38. The molecular formula is C14H21N5. The molecule has 5 nitrogen and oxygen atoms in total. The van der Waals surface area contributed by atoms with Crippen LogP contribution in [0.2, 0.25) is 0 Å². The van der Waals surface area contributed by atoms with Crippen molar-refractivity contribution in [1.29, 1.82) is 0 Å². The molecule has 0 bridgehead atoms. The number of nitrogens with one attached hydrogen (secondary N) is 1. The molecule has 0 radical (unpaired) electrons. The molecule has 1 unspecified atom stereocenters. The molecule has 0 aliphatic carbocycles. The average molecular weight is 259 g/mol. The SMILES string of the molecule is CCCN(c1nccn2nc(C)cc12)C1CCNC1. The van der Waals surface area contributed by atoms with Crippen molar-refractivity contribution < 1.29 is 0 Å².